The van der Waals surface area contributed by atoms with Crippen LogP contribution in [0, 0.1) is 5.92 Å². The van der Waals surface area contributed by atoms with Crippen LogP contribution < -0.4 is 5.32 Å². The van der Waals surface area contributed by atoms with Gasteiger partial charge in [0.2, 0.25) is 0 Å². The van der Waals surface area contributed by atoms with Gasteiger partial charge in [0.05, 0.1) is 0 Å². The van der Waals surface area contributed by atoms with E-state index in [0.29, 0.717) is 5.92 Å². The highest BCUT2D eigenvalue weighted by Crippen LogP contribution is 2.36. The Labute approximate surface area is 111 Å². The van der Waals surface area contributed by atoms with E-state index >= 15 is 0 Å². The summed E-state index contributed by atoms with van der Waals surface area (Å²) in [5, 5.41) is 8.00. The minimum absolute atomic E-state index is 0.703. The van der Waals surface area contributed by atoms with Gasteiger partial charge in [0.1, 0.15) is 0 Å². The Morgan fingerprint density at radius 3 is 2.89 bits per heavy atom. The Hall–Kier alpha value is -0.830. The lowest BCUT2D eigenvalue weighted by atomic mass is 9.85. The summed E-state index contributed by atoms with van der Waals surface area (Å²) in [5.74, 6) is 1.49. The van der Waals surface area contributed by atoms with Gasteiger partial charge in [-0.2, -0.15) is 5.10 Å². The Bertz CT molecular complexity index is 345. The van der Waals surface area contributed by atoms with Gasteiger partial charge in [-0.3, -0.25) is 4.68 Å². The third-order valence-corrected chi connectivity index (χ3v) is 4.24. The van der Waals surface area contributed by atoms with Gasteiger partial charge < -0.3 is 5.32 Å². The number of aryl methyl sites for hydroxylation is 1. The van der Waals surface area contributed by atoms with E-state index in [9.17, 15) is 0 Å². The van der Waals surface area contributed by atoms with Crippen molar-refractivity contribution in [2.24, 2.45) is 5.92 Å². The molecule has 3 nitrogen and oxygen atoms in total. The monoisotopic (exact) mass is 249 g/mol. The van der Waals surface area contributed by atoms with Crippen molar-refractivity contribution in [2.75, 3.05) is 13.1 Å². The maximum Gasteiger partial charge on any atom is 0.0492 e. The lowest BCUT2D eigenvalue weighted by Gasteiger charge is -2.26. The molecular weight excluding hydrogens is 222 g/mol. The summed E-state index contributed by atoms with van der Waals surface area (Å²) >= 11 is 0. The standard InChI is InChI=1S/C15H27N3/c1-3-16-12-13-8-6-5-7-9-14(13)15-10-11-17-18(15)4-2/h10-11,13-14,16H,3-9,12H2,1-2H3. The SMILES string of the molecule is CCNCC1CCCCCC1c1ccnn1CC. The topological polar surface area (TPSA) is 29.9 Å². The smallest absolute Gasteiger partial charge is 0.0492 e. The lowest BCUT2D eigenvalue weighted by Crippen LogP contribution is -2.27. The number of nitrogens with one attached hydrogen (secondary N) is 1. The van der Waals surface area contributed by atoms with Crippen LogP contribution in [0.25, 0.3) is 0 Å². The molecule has 1 aliphatic carbocycles. The van der Waals surface area contributed by atoms with Crippen LogP contribution in [0.2, 0.25) is 0 Å². The van der Waals surface area contributed by atoms with Crippen LogP contribution in [-0.2, 0) is 6.54 Å². The van der Waals surface area contributed by atoms with E-state index in [1.807, 2.05) is 6.20 Å². The first-order valence-electron chi connectivity index (χ1n) is 7.59. The van der Waals surface area contributed by atoms with Crippen LogP contribution in [0.1, 0.15) is 57.6 Å². The summed E-state index contributed by atoms with van der Waals surface area (Å²) in [4.78, 5) is 0. The molecule has 1 heterocycles. The molecule has 1 aromatic rings. The molecule has 0 bridgehead atoms. The molecule has 18 heavy (non-hydrogen) atoms. The molecule has 0 amide bonds. The van der Waals surface area contributed by atoms with Crippen molar-refractivity contribution in [2.45, 2.75) is 58.4 Å². The highest BCUT2D eigenvalue weighted by Gasteiger charge is 2.26. The molecule has 2 unspecified atom stereocenters. The lowest BCUT2D eigenvalue weighted by molar-refractivity contribution is 0.361. The molecule has 1 fully saturated rings. The highest BCUT2D eigenvalue weighted by atomic mass is 15.3. The van der Waals surface area contributed by atoms with E-state index < -0.39 is 0 Å². The third kappa shape index (κ3) is 3.14. The van der Waals surface area contributed by atoms with Crippen LogP contribution in [0.3, 0.4) is 0 Å². The van der Waals surface area contributed by atoms with Crippen LogP contribution in [0.5, 0.6) is 0 Å². The molecule has 1 saturated carbocycles. The Morgan fingerprint density at radius 2 is 2.11 bits per heavy atom. The van der Waals surface area contributed by atoms with Crippen molar-refractivity contribution in [3.63, 3.8) is 0 Å². The first-order chi connectivity index (χ1) is 8.86. The number of nitrogens with zero attached hydrogens (tertiary/aromatic N) is 2. The van der Waals surface area contributed by atoms with E-state index in [1.165, 1.54) is 37.8 Å². The summed E-state index contributed by atoms with van der Waals surface area (Å²) in [6, 6.07) is 2.23. The number of aromatic nitrogens is 2. The number of rotatable bonds is 5. The van der Waals surface area contributed by atoms with Gasteiger partial charge in [0.15, 0.2) is 0 Å². The molecule has 0 aliphatic heterocycles. The normalized spacial score (nSPS) is 25.0. The summed E-state index contributed by atoms with van der Waals surface area (Å²) in [6.45, 7) is 7.62. The van der Waals surface area contributed by atoms with Crippen molar-refractivity contribution >= 4 is 0 Å². The fourth-order valence-corrected chi connectivity index (χ4v) is 3.27. The molecule has 1 aromatic heterocycles. The maximum atomic E-state index is 4.45. The Balaban J connectivity index is 2.14. The summed E-state index contributed by atoms with van der Waals surface area (Å²) in [7, 11) is 0. The van der Waals surface area contributed by atoms with Crippen LogP contribution in [0.4, 0.5) is 0 Å². The summed E-state index contributed by atoms with van der Waals surface area (Å²) < 4.78 is 2.19. The minimum Gasteiger partial charge on any atom is -0.317 e. The fraction of sp³-hybridized carbons (Fsp3) is 0.800. The van der Waals surface area contributed by atoms with E-state index in [4.69, 9.17) is 0 Å². The first-order valence-corrected chi connectivity index (χ1v) is 7.59. The fourth-order valence-electron chi connectivity index (χ4n) is 3.27. The largest absolute Gasteiger partial charge is 0.317 e. The van der Waals surface area contributed by atoms with Crippen LogP contribution in [-0.4, -0.2) is 22.9 Å². The van der Waals surface area contributed by atoms with Gasteiger partial charge in [-0.25, -0.2) is 0 Å². The Morgan fingerprint density at radius 1 is 1.28 bits per heavy atom. The number of hydrogen-bond donors (Lipinski definition) is 1. The maximum absolute atomic E-state index is 4.45. The van der Waals surface area contributed by atoms with Gasteiger partial charge in [0, 0.05) is 24.4 Å². The second-order valence-corrected chi connectivity index (χ2v) is 5.38. The first kappa shape index (κ1) is 13.6. The van der Waals surface area contributed by atoms with Gasteiger partial charge in [-0.1, -0.05) is 26.2 Å². The molecule has 3 heteroatoms. The van der Waals surface area contributed by atoms with Gasteiger partial charge in [0.25, 0.3) is 0 Å². The molecule has 102 valence electrons. The van der Waals surface area contributed by atoms with Gasteiger partial charge in [-0.05, 0) is 44.8 Å². The summed E-state index contributed by atoms with van der Waals surface area (Å²) in [6.07, 6.45) is 8.84. The summed E-state index contributed by atoms with van der Waals surface area (Å²) in [5.41, 5.74) is 1.46. The second-order valence-electron chi connectivity index (χ2n) is 5.38. The molecule has 1 aliphatic rings. The molecule has 1 N–H and O–H groups in total. The van der Waals surface area contributed by atoms with Gasteiger partial charge in [-0.15, -0.1) is 0 Å². The highest BCUT2D eigenvalue weighted by molar-refractivity contribution is 5.10. The zero-order valence-corrected chi connectivity index (χ0v) is 11.9. The van der Waals surface area contributed by atoms with Crippen molar-refractivity contribution in [3.05, 3.63) is 18.0 Å². The quantitative estimate of drug-likeness (QED) is 0.812. The number of hydrogen-bond acceptors (Lipinski definition) is 2. The van der Waals surface area contributed by atoms with Crippen LogP contribution >= 0.6 is 0 Å². The van der Waals surface area contributed by atoms with E-state index in [-0.39, 0.29) is 0 Å². The molecular formula is C15H27N3. The predicted octanol–water partition coefficient (Wildman–Crippen LogP) is 3.18. The van der Waals surface area contributed by atoms with E-state index in [1.54, 1.807) is 0 Å². The predicted molar refractivity (Wildman–Crippen MR) is 75.8 cm³/mol. The second kappa shape index (κ2) is 6.93. The van der Waals surface area contributed by atoms with Crippen molar-refractivity contribution in [3.8, 4) is 0 Å². The van der Waals surface area contributed by atoms with Crippen molar-refractivity contribution in [1.82, 2.24) is 15.1 Å². The van der Waals surface area contributed by atoms with Crippen molar-refractivity contribution in [1.29, 1.82) is 0 Å². The average molecular weight is 249 g/mol. The third-order valence-electron chi connectivity index (χ3n) is 4.24. The molecule has 2 rings (SSSR count). The van der Waals surface area contributed by atoms with E-state index in [0.717, 1.165) is 25.6 Å². The Kier molecular flexibility index (Phi) is 5.24. The average Bonchev–Trinajstić information content (AvgIpc) is 2.74. The van der Waals surface area contributed by atoms with Gasteiger partial charge >= 0.3 is 0 Å². The molecule has 0 saturated heterocycles. The zero-order valence-electron chi connectivity index (χ0n) is 11.9. The molecule has 0 radical (unpaired) electrons. The minimum atomic E-state index is 0.703. The molecule has 2 atom stereocenters. The van der Waals surface area contributed by atoms with E-state index in [2.05, 4.69) is 35.0 Å². The van der Waals surface area contributed by atoms with Crippen molar-refractivity contribution < 1.29 is 0 Å². The molecule has 0 aromatic carbocycles. The molecule has 0 spiro atoms. The van der Waals surface area contributed by atoms with Crippen LogP contribution in [0.15, 0.2) is 12.3 Å². The zero-order chi connectivity index (χ0) is 12.8.